The van der Waals surface area contributed by atoms with E-state index >= 15 is 0 Å². The molecule has 6 heteroatoms. The van der Waals surface area contributed by atoms with Crippen molar-refractivity contribution in [2.45, 2.75) is 19.8 Å². The smallest absolute Gasteiger partial charge is 0.253 e. The molecule has 27 heavy (non-hydrogen) atoms. The standard InChI is InChI=1S/C21H20N4O2/c1-14(26)24-18-11-16(10-17(12-18)21(27)25-8-2-3-9-25)15-4-5-19-20(13-15)23-7-6-22-19/h4-7,10-13H,2-3,8-9H2,1H3,(H,24,26). The normalized spacial score (nSPS) is 13.7. The minimum Gasteiger partial charge on any atom is -0.339 e. The van der Waals surface area contributed by atoms with Gasteiger partial charge >= 0.3 is 0 Å². The van der Waals surface area contributed by atoms with Crippen LogP contribution in [0.25, 0.3) is 22.2 Å². The Morgan fingerprint density at radius 3 is 2.41 bits per heavy atom. The van der Waals surface area contributed by atoms with Crippen molar-refractivity contribution in [1.29, 1.82) is 0 Å². The highest BCUT2D eigenvalue weighted by molar-refractivity contribution is 5.99. The van der Waals surface area contributed by atoms with E-state index < -0.39 is 0 Å². The van der Waals surface area contributed by atoms with E-state index in [1.165, 1.54) is 6.92 Å². The van der Waals surface area contributed by atoms with Crippen molar-refractivity contribution < 1.29 is 9.59 Å². The molecular formula is C21H20N4O2. The molecule has 136 valence electrons. The number of benzene rings is 2. The summed E-state index contributed by atoms with van der Waals surface area (Å²) in [5, 5.41) is 2.80. The summed E-state index contributed by atoms with van der Waals surface area (Å²) in [5.41, 5.74) is 4.57. The molecule has 0 radical (unpaired) electrons. The Bertz CT molecular complexity index is 1030. The molecule has 2 heterocycles. The highest BCUT2D eigenvalue weighted by Gasteiger charge is 2.20. The van der Waals surface area contributed by atoms with Crippen molar-refractivity contribution in [1.82, 2.24) is 14.9 Å². The fourth-order valence-corrected chi connectivity index (χ4v) is 3.44. The van der Waals surface area contributed by atoms with Crippen LogP contribution in [-0.2, 0) is 4.79 Å². The summed E-state index contributed by atoms with van der Waals surface area (Å²) in [5.74, 6) is -0.169. The number of fused-ring (bicyclic) bond motifs is 1. The molecule has 0 saturated carbocycles. The number of hydrogen-bond donors (Lipinski definition) is 1. The Hall–Kier alpha value is -3.28. The molecule has 0 aliphatic carbocycles. The van der Waals surface area contributed by atoms with Gasteiger partial charge in [0.1, 0.15) is 0 Å². The second-order valence-electron chi connectivity index (χ2n) is 6.74. The van der Waals surface area contributed by atoms with Gasteiger partial charge in [-0.15, -0.1) is 0 Å². The average molecular weight is 360 g/mol. The number of rotatable bonds is 3. The quantitative estimate of drug-likeness (QED) is 0.776. The van der Waals surface area contributed by atoms with Crippen molar-refractivity contribution in [3.63, 3.8) is 0 Å². The van der Waals surface area contributed by atoms with Crippen LogP contribution < -0.4 is 5.32 Å². The van der Waals surface area contributed by atoms with E-state index in [0.29, 0.717) is 11.3 Å². The van der Waals surface area contributed by atoms with Crippen LogP contribution in [-0.4, -0.2) is 39.8 Å². The lowest BCUT2D eigenvalue weighted by molar-refractivity contribution is -0.114. The van der Waals surface area contributed by atoms with Crippen LogP contribution in [0.1, 0.15) is 30.1 Å². The molecule has 1 fully saturated rings. The van der Waals surface area contributed by atoms with E-state index in [-0.39, 0.29) is 11.8 Å². The van der Waals surface area contributed by atoms with Crippen LogP contribution in [0.2, 0.25) is 0 Å². The van der Waals surface area contributed by atoms with Crippen molar-refractivity contribution in [3.8, 4) is 11.1 Å². The van der Waals surface area contributed by atoms with E-state index in [4.69, 9.17) is 0 Å². The maximum absolute atomic E-state index is 12.9. The Balaban J connectivity index is 1.78. The van der Waals surface area contributed by atoms with Gasteiger partial charge in [0.2, 0.25) is 5.91 Å². The topological polar surface area (TPSA) is 75.2 Å². The first-order valence-corrected chi connectivity index (χ1v) is 9.03. The Morgan fingerprint density at radius 2 is 1.67 bits per heavy atom. The van der Waals surface area contributed by atoms with Gasteiger partial charge in [-0.05, 0) is 54.3 Å². The molecule has 2 aromatic carbocycles. The molecule has 6 nitrogen and oxygen atoms in total. The molecule has 4 rings (SSSR count). The Morgan fingerprint density at radius 1 is 0.926 bits per heavy atom. The largest absolute Gasteiger partial charge is 0.339 e. The van der Waals surface area contributed by atoms with E-state index in [2.05, 4.69) is 15.3 Å². The first-order chi connectivity index (χ1) is 13.1. The van der Waals surface area contributed by atoms with Crippen molar-refractivity contribution in [2.24, 2.45) is 0 Å². The van der Waals surface area contributed by atoms with Crippen LogP contribution in [0, 0.1) is 0 Å². The molecule has 0 atom stereocenters. The summed E-state index contributed by atoms with van der Waals surface area (Å²) < 4.78 is 0. The van der Waals surface area contributed by atoms with Gasteiger partial charge in [-0.25, -0.2) is 0 Å². The monoisotopic (exact) mass is 360 g/mol. The maximum Gasteiger partial charge on any atom is 0.253 e. The minimum absolute atomic E-state index is 0.00142. The molecule has 3 aromatic rings. The average Bonchev–Trinajstić information content (AvgIpc) is 3.21. The number of likely N-dealkylation sites (tertiary alicyclic amines) is 1. The fourth-order valence-electron chi connectivity index (χ4n) is 3.44. The zero-order valence-corrected chi connectivity index (χ0v) is 15.1. The van der Waals surface area contributed by atoms with Gasteiger partial charge in [-0.1, -0.05) is 6.07 Å². The van der Waals surface area contributed by atoms with Crippen molar-refractivity contribution in [2.75, 3.05) is 18.4 Å². The van der Waals surface area contributed by atoms with Crippen LogP contribution in [0.4, 0.5) is 5.69 Å². The van der Waals surface area contributed by atoms with Gasteiger partial charge in [0.15, 0.2) is 0 Å². The van der Waals surface area contributed by atoms with Gasteiger partial charge < -0.3 is 10.2 Å². The molecule has 0 bridgehead atoms. The summed E-state index contributed by atoms with van der Waals surface area (Å²) in [6.07, 6.45) is 5.38. The summed E-state index contributed by atoms with van der Waals surface area (Å²) in [6, 6.07) is 11.3. The molecule has 1 N–H and O–H groups in total. The van der Waals surface area contributed by atoms with Crippen molar-refractivity contribution in [3.05, 3.63) is 54.4 Å². The third-order valence-corrected chi connectivity index (χ3v) is 4.70. The maximum atomic E-state index is 12.9. The summed E-state index contributed by atoms with van der Waals surface area (Å²) >= 11 is 0. The van der Waals surface area contributed by atoms with Crippen LogP contribution in [0.5, 0.6) is 0 Å². The second-order valence-corrected chi connectivity index (χ2v) is 6.74. The lowest BCUT2D eigenvalue weighted by Gasteiger charge is -2.17. The number of nitrogens with one attached hydrogen (secondary N) is 1. The van der Waals surface area contributed by atoms with E-state index in [9.17, 15) is 9.59 Å². The molecule has 1 aliphatic heterocycles. The number of amides is 2. The Kier molecular flexibility index (Phi) is 4.54. The first-order valence-electron chi connectivity index (χ1n) is 9.03. The number of hydrogen-bond acceptors (Lipinski definition) is 4. The summed E-state index contributed by atoms with van der Waals surface area (Å²) in [6.45, 7) is 3.02. The molecule has 2 amide bonds. The lowest BCUT2D eigenvalue weighted by Crippen LogP contribution is -2.27. The molecule has 1 saturated heterocycles. The van der Waals surface area contributed by atoms with E-state index in [0.717, 1.165) is 48.1 Å². The molecule has 0 spiro atoms. The minimum atomic E-state index is -0.170. The molecule has 1 aliphatic rings. The fraction of sp³-hybridized carbons (Fsp3) is 0.238. The third-order valence-electron chi connectivity index (χ3n) is 4.70. The van der Waals surface area contributed by atoms with E-state index in [1.807, 2.05) is 35.2 Å². The molecule has 1 aromatic heterocycles. The lowest BCUT2D eigenvalue weighted by atomic mass is 10.0. The van der Waals surface area contributed by atoms with E-state index in [1.54, 1.807) is 18.5 Å². The summed E-state index contributed by atoms with van der Waals surface area (Å²) in [4.78, 5) is 34.9. The zero-order valence-electron chi connectivity index (χ0n) is 15.1. The van der Waals surface area contributed by atoms with Crippen molar-refractivity contribution >= 4 is 28.5 Å². The number of carbonyl (C=O) groups is 2. The molecular weight excluding hydrogens is 340 g/mol. The zero-order chi connectivity index (χ0) is 18.8. The van der Waals surface area contributed by atoms with Gasteiger partial charge in [-0.3, -0.25) is 19.6 Å². The van der Waals surface area contributed by atoms with Gasteiger partial charge in [0, 0.05) is 43.7 Å². The molecule has 0 unspecified atom stereocenters. The van der Waals surface area contributed by atoms with Crippen LogP contribution in [0.3, 0.4) is 0 Å². The number of anilines is 1. The highest BCUT2D eigenvalue weighted by Crippen LogP contribution is 2.28. The van der Waals surface area contributed by atoms with Gasteiger partial charge in [0.05, 0.1) is 11.0 Å². The third kappa shape index (κ3) is 3.65. The first kappa shape index (κ1) is 17.1. The van der Waals surface area contributed by atoms with Crippen LogP contribution in [0.15, 0.2) is 48.8 Å². The number of nitrogens with zero attached hydrogens (tertiary/aromatic N) is 3. The Labute approximate surface area is 157 Å². The van der Waals surface area contributed by atoms with Gasteiger partial charge in [-0.2, -0.15) is 0 Å². The van der Waals surface area contributed by atoms with Gasteiger partial charge in [0.25, 0.3) is 5.91 Å². The SMILES string of the molecule is CC(=O)Nc1cc(C(=O)N2CCCC2)cc(-c2ccc3nccnc3c2)c1. The predicted octanol–water partition coefficient (Wildman–Crippen LogP) is 3.49. The summed E-state index contributed by atoms with van der Waals surface area (Å²) in [7, 11) is 0. The second kappa shape index (κ2) is 7.15. The number of aromatic nitrogens is 2. The predicted molar refractivity (Wildman–Crippen MR) is 104 cm³/mol. The highest BCUT2D eigenvalue weighted by atomic mass is 16.2. The van der Waals surface area contributed by atoms with Crippen LogP contribution >= 0.6 is 0 Å². The number of carbonyl (C=O) groups excluding carboxylic acids is 2.